The van der Waals surface area contributed by atoms with E-state index in [0.29, 0.717) is 13.2 Å². The van der Waals surface area contributed by atoms with Crippen LogP contribution in [0.5, 0.6) is 5.75 Å². The van der Waals surface area contributed by atoms with E-state index in [0.717, 1.165) is 18.8 Å². The van der Waals surface area contributed by atoms with Crippen molar-refractivity contribution < 1.29 is 9.84 Å². The minimum atomic E-state index is -0.435. The molecule has 0 bridgehead atoms. The van der Waals surface area contributed by atoms with E-state index >= 15 is 0 Å². The van der Waals surface area contributed by atoms with Gasteiger partial charge in [-0.05, 0) is 80.6 Å². The zero-order chi connectivity index (χ0) is 19.9. The number of hydrogen-bond acceptors (Lipinski definition) is 4. The number of aliphatic hydroxyl groups excluding tert-OH is 1. The quantitative estimate of drug-likeness (QED) is 0.746. The molecule has 156 valence electrons. The van der Waals surface area contributed by atoms with Gasteiger partial charge in [0.25, 0.3) is 0 Å². The van der Waals surface area contributed by atoms with Gasteiger partial charge in [0, 0.05) is 25.3 Å². The summed E-state index contributed by atoms with van der Waals surface area (Å²) >= 11 is 0. The number of β-amino-alcohol motifs (C(OH)–C–C–N with tert-alkyl or cyclic N) is 1. The highest BCUT2D eigenvalue weighted by Crippen LogP contribution is 2.26. The lowest BCUT2D eigenvalue weighted by Gasteiger charge is -2.28. The fourth-order valence-corrected chi connectivity index (χ4v) is 4.45. The largest absolute Gasteiger partial charge is 0.491 e. The second-order valence-electron chi connectivity index (χ2n) is 8.45. The highest BCUT2D eigenvalue weighted by molar-refractivity contribution is 5.67. The van der Waals surface area contributed by atoms with Crippen molar-refractivity contribution in [2.75, 3.05) is 44.2 Å². The van der Waals surface area contributed by atoms with Crippen molar-refractivity contribution in [2.24, 2.45) is 0 Å². The molecule has 1 unspecified atom stereocenters. The molecule has 0 aromatic heterocycles. The van der Waals surface area contributed by atoms with E-state index in [1.165, 1.54) is 68.4 Å². The van der Waals surface area contributed by atoms with Crippen molar-refractivity contribution in [2.45, 2.75) is 44.6 Å². The lowest BCUT2D eigenvalue weighted by molar-refractivity contribution is 0.0617. The van der Waals surface area contributed by atoms with E-state index in [9.17, 15) is 5.11 Å². The Balaban J connectivity index is 1.28. The number of hydrogen-bond donors (Lipinski definition) is 1. The predicted octanol–water partition coefficient (Wildman–Crippen LogP) is 4.57. The highest BCUT2D eigenvalue weighted by Gasteiger charge is 2.15. The fraction of sp³-hybridized carbons (Fsp3) is 0.520. The van der Waals surface area contributed by atoms with E-state index in [1.807, 2.05) is 12.1 Å². The van der Waals surface area contributed by atoms with Crippen LogP contribution in [-0.4, -0.2) is 55.4 Å². The van der Waals surface area contributed by atoms with Crippen LogP contribution in [0.15, 0.2) is 48.5 Å². The van der Waals surface area contributed by atoms with Gasteiger partial charge >= 0.3 is 0 Å². The third-order valence-corrected chi connectivity index (χ3v) is 6.14. The second-order valence-corrected chi connectivity index (χ2v) is 8.45. The van der Waals surface area contributed by atoms with Crippen molar-refractivity contribution >= 4 is 5.69 Å². The van der Waals surface area contributed by atoms with Gasteiger partial charge in [0.1, 0.15) is 18.5 Å². The van der Waals surface area contributed by atoms with Crippen LogP contribution in [0, 0.1) is 0 Å². The highest BCUT2D eigenvalue weighted by atomic mass is 16.5. The van der Waals surface area contributed by atoms with Crippen LogP contribution in [0.4, 0.5) is 5.69 Å². The van der Waals surface area contributed by atoms with Crippen LogP contribution in [0.3, 0.4) is 0 Å². The van der Waals surface area contributed by atoms with Gasteiger partial charge in [0.05, 0.1) is 0 Å². The van der Waals surface area contributed by atoms with Gasteiger partial charge in [0.2, 0.25) is 0 Å². The first kappa shape index (κ1) is 20.2. The molecule has 0 radical (unpaired) electrons. The van der Waals surface area contributed by atoms with Gasteiger partial charge in [-0.3, -0.25) is 0 Å². The molecule has 4 nitrogen and oxygen atoms in total. The smallest absolute Gasteiger partial charge is 0.119 e. The van der Waals surface area contributed by atoms with Crippen LogP contribution in [0.1, 0.15) is 38.5 Å². The van der Waals surface area contributed by atoms with Crippen LogP contribution < -0.4 is 9.64 Å². The third kappa shape index (κ3) is 5.74. The Morgan fingerprint density at radius 1 is 0.724 bits per heavy atom. The fourth-order valence-electron chi connectivity index (χ4n) is 4.45. The number of nitrogens with zero attached hydrogens (tertiary/aromatic N) is 2. The summed E-state index contributed by atoms with van der Waals surface area (Å²) < 4.78 is 5.82. The molecule has 2 aromatic carbocycles. The lowest BCUT2D eigenvalue weighted by atomic mass is 10.0. The van der Waals surface area contributed by atoms with Crippen LogP contribution in [0.2, 0.25) is 0 Å². The maximum Gasteiger partial charge on any atom is 0.119 e. The van der Waals surface area contributed by atoms with Crippen LogP contribution >= 0.6 is 0 Å². The number of ether oxygens (including phenoxy) is 1. The molecule has 2 aromatic rings. The molecular weight excluding hydrogens is 360 g/mol. The summed E-state index contributed by atoms with van der Waals surface area (Å²) in [6.07, 6.45) is 7.33. The van der Waals surface area contributed by atoms with Crippen molar-refractivity contribution in [1.29, 1.82) is 0 Å². The maximum absolute atomic E-state index is 10.3. The summed E-state index contributed by atoms with van der Waals surface area (Å²) in [5, 5.41) is 10.3. The number of piperidine rings is 2. The average Bonchev–Trinajstić information content (AvgIpc) is 2.79. The van der Waals surface area contributed by atoms with Gasteiger partial charge in [0.15, 0.2) is 0 Å². The first-order valence-corrected chi connectivity index (χ1v) is 11.3. The first-order chi connectivity index (χ1) is 14.3. The Morgan fingerprint density at radius 3 is 1.90 bits per heavy atom. The van der Waals surface area contributed by atoms with Gasteiger partial charge in [-0.15, -0.1) is 0 Å². The molecule has 0 aliphatic carbocycles. The number of likely N-dealkylation sites (tertiary alicyclic amines) is 1. The van der Waals surface area contributed by atoms with Crippen molar-refractivity contribution in [3.63, 3.8) is 0 Å². The summed E-state index contributed by atoms with van der Waals surface area (Å²) in [4.78, 5) is 4.83. The number of rotatable bonds is 7. The minimum Gasteiger partial charge on any atom is -0.491 e. The monoisotopic (exact) mass is 394 g/mol. The molecule has 2 aliphatic rings. The molecule has 29 heavy (non-hydrogen) atoms. The normalized spacial score (nSPS) is 19.1. The molecule has 0 spiro atoms. The van der Waals surface area contributed by atoms with Crippen molar-refractivity contribution in [1.82, 2.24) is 4.90 Å². The van der Waals surface area contributed by atoms with E-state index in [2.05, 4.69) is 46.2 Å². The van der Waals surface area contributed by atoms with Crippen LogP contribution in [0.25, 0.3) is 11.1 Å². The van der Waals surface area contributed by atoms with Gasteiger partial charge in [-0.1, -0.05) is 30.7 Å². The summed E-state index contributed by atoms with van der Waals surface area (Å²) in [5.41, 5.74) is 3.75. The lowest BCUT2D eigenvalue weighted by Crippen LogP contribution is -2.38. The Hall–Kier alpha value is -2.04. The van der Waals surface area contributed by atoms with E-state index in [-0.39, 0.29) is 0 Å². The first-order valence-electron chi connectivity index (χ1n) is 11.3. The molecule has 1 N–H and O–H groups in total. The molecule has 4 heteroatoms. The molecule has 0 amide bonds. The number of benzene rings is 2. The standard InChI is InChI=1S/C25H34N2O2/c28-24(19-26-15-3-1-4-16-26)20-29-25-13-9-22(10-14-25)21-7-11-23(12-8-21)27-17-5-2-6-18-27/h7-14,24,28H,1-6,15-20H2. The summed E-state index contributed by atoms with van der Waals surface area (Å²) in [6.45, 7) is 5.61. The average molecular weight is 395 g/mol. The van der Waals surface area contributed by atoms with Crippen molar-refractivity contribution in [3.8, 4) is 16.9 Å². The Morgan fingerprint density at radius 2 is 1.28 bits per heavy atom. The Kier molecular flexibility index (Phi) is 7.07. The summed E-state index contributed by atoms with van der Waals surface area (Å²) in [5.74, 6) is 0.816. The number of aliphatic hydroxyl groups is 1. The topological polar surface area (TPSA) is 35.9 Å². The van der Waals surface area contributed by atoms with Gasteiger partial charge in [-0.25, -0.2) is 0 Å². The molecular formula is C25H34N2O2. The van der Waals surface area contributed by atoms with Gasteiger partial charge in [-0.2, -0.15) is 0 Å². The second kappa shape index (κ2) is 10.1. The molecule has 2 fully saturated rings. The molecule has 1 atom stereocenters. The maximum atomic E-state index is 10.3. The zero-order valence-corrected chi connectivity index (χ0v) is 17.4. The SMILES string of the molecule is OC(COc1ccc(-c2ccc(N3CCCCC3)cc2)cc1)CN1CCCCC1. The molecule has 0 saturated carbocycles. The summed E-state index contributed by atoms with van der Waals surface area (Å²) in [6, 6.07) is 17.1. The van der Waals surface area contributed by atoms with E-state index in [1.54, 1.807) is 0 Å². The van der Waals surface area contributed by atoms with Gasteiger partial charge < -0.3 is 19.6 Å². The van der Waals surface area contributed by atoms with E-state index < -0.39 is 6.10 Å². The number of anilines is 1. The Labute approximate surface area is 175 Å². The molecule has 2 heterocycles. The molecule has 2 aliphatic heterocycles. The van der Waals surface area contributed by atoms with E-state index in [4.69, 9.17) is 4.74 Å². The zero-order valence-electron chi connectivity index (χ0n) is 17.4. The Bertz CT molecular complexity index is 732. The predicted molar refractivity (Wildman–Crippen MR) is 120 cm³/mol. The van der Waals surface area contributed by atoms with Crippen LogP contribution in [-0.2, 0) is 0 Å². The summed E-state index contributed by atoms with van der Waals surface area (Å²) in [7, 11) is 0. The molecule has 4 rings (SSSR count). The third-order valence-electron chi connectivity index (χ3n) is 6.14. The molecule has 2 saturated heterocycles. The van der Waals surface area contributed by atoms with Crippen molar-refractivity contribution in [3.05, 3.63) is 48.5 Å². The minimum absolute atomic E-state index is 0.348.